The molecule has 7 nitrogen and oxygen atoms in total. The lowest BCUT2D eigenvalue weighted by Crippen LogP contribution is -2.50. The number of rotatable bonds is 6. The average molecular weight is 389 g/mol. The molecular formula is C21H32N4O3. The van der Waals surface area contributed by atoms with Crippen LogP contribution in [0, 0.1) is 5.92 Å². The predicted molar refractivity (Wildman–Crippen MR) is 106 cm³/mol. The van der Waals surface area contributed by atoms with Gasteiger partial charge in [-0.15, -0.1) is 0 Å². The number of nitrogens with one attached hydrogen (secondary N) is 2. The molecule has 154 valence electrons. The fraction of sp³-hybridized carbons (Fsp3) is 0.714. The third-order valence-electron chi connectivity index (χ3n) is 6.31. The van der Waals surface area contributed by atoms with Crippen LogP contribution in [0.25, 0.3) is 0 Å². The lowest BCUT2D eigenvalue weighted by Gasteiger charge is -2.41. The lowest BCUT2D eigenvalue weighted by molar-refractivity contribution is -0.127. The maximum absolute atomic E-state index is 12.4. The summed E-state index contributed by atoms with van der Waals surface area (Å²) in [6.45, 7) is 4.82. The third-order valence-corrected chi connectivity index (χ3v) is 6.31. The summed E-state index contributed by atoms with van der Waals surface area (Å²) in [4.78, 5) is 29.0. The minimum absolute atomic E-state index is 0.165. The highest BCUT2D eigenvalue weighted by molar-refractivity contribution is 5.91. The van der Waals surface area contributed by atoms with Gasteiger partial charge in [-0.2, -0.15) is 0 Å². The van der Waals surface area contributed by atoms with Crippen LogP contribution >= 0.6 is 0 Å². The monoisotopic (exact) mass is 388 g/mol. The number of hydrogen-bond acceptors (Lipinski definition) is 5. The number of likely N-dealkylation sites (tertiary alicyclic amines) is 2. The zero-order valence-electron chi connectivity index (χ0n) is 16.8. The van der Waals surface area contributed by atoms with Crippen LogP contribution in [0.3, 0.4) is 0 Å². The topological polar surface area (TPSA) is 77.8 Å². The van der Waals surface area contributed by atoms with Crippen LogP contribution in [0.2, 0.25) is 0 Å². The second-order valence-electron chi connectivity index (χ2n) is 8.47. The standard InChI is InChI=1S/C21H32N4O3/c1-22-21(27)19-7-6-18(28-19)14-24-11-8-17(9-12-24)25-10-2-3-15(13-25)20(26)23-16-4-5-16/h6-7,15-17H,2-5,8-14H2,1H3,(H,22,27)(H,23,26)/t15-/m0/s1. The summed E-state index contributed by atoms with van der Waals surface area (Å²) in [6.07, 6.45) is 6.71. The Morgan fingerprint density at radius 1 is 1.11 bits per heavy atom. The van der Waals surface area contributed by atoms with E-state index in [1.807, 2.05) is 6.07 Å². The lowest BCUT2D eigenvalue weighted by atomic mass is 9.93. The molecule has 4 rings (SSSR count). The normalized spacial score (nSPS) is 24.8. The number of piperidine rings is 2. The zero-order chi connectivity index (χ0) is 19.5. The van der Waals surface area contributed by atoms with E-state index in [2.05, 4.69) is 20.4 Å². The second-order valence-corrected chi connectivity index (χ2v) is 8.47. The van der Waals surface area contributed by atoms with Crippen molar-refractivity contribution in [2.45, 2.75) is 57.2 Å². The number of nitrogens with zero attached hydrogens (tertiary/aromatic N) is 2. The van der Waals surface area contributed by atoms with Crippen molar-refractivity contribution in [1.82, 2.24) is 20.4 Å². The molecule has 2 saturated heterocycles. The molecule has 1 aromatic rings. The van der Waals surface area contributed by atoms with Crippen LogP contribution < -0.4 is 10.6 Å². The molecule has 28 heavy (non-hydrogen) atoms. The minimum atomic E-state index is -0.185. The molecule has 3 fully saturated rings. The summed E-state index contributed by atoms with van der Waals surface area (Å²) < 4.78 is 5.65. The Kier molecular flexibility index (Phi) is 6.01. The molecule has 0 aromatic carbocycles. The molecule has 0 unspecified atom stereocenters. The average Bonchev–Trinajstić information content (AvgIpc) is 3.42. The maximum atomic E-state index is 12.4. The van der Waals surface area contributed by atoms with Gasteiger partial charge in [-0.25, -0.2) is 0 Å². The highest BCUT2D eigenvalue weighted by Gasteiger charge is 2.33. The van der Waals surface area contributed by atoms with Crippen molar-refractivity contribution < 1.29 is 14.0 Å². The van der Waals surface area contributed by atoms with Gasteiger partial charge in [0.05, 0.1) is 12.5 Å². The number of hydrogen-bond donors (Lipinski definition) is 2. The van der Waals surface area contributed by atoms with Crippen LogP contribution in [-0.2, 0) is 11.3 Å². The minimum Gasteiger partial charge on any atom is -0.455 e. The zero-order valence-corrected chi connectivity index (χ0v) is 16.8. The highest BCUT2D eigenvalue weighted by atomic mass is 16.4. The largest absolute Gasteiger partial charge is 0.455 e. The molecule has 1 saturated carbocycles. The van der Waals surface area contributed by atoms with Crippen LogP contribution in [0.1, 0.15) is 54.8 Å². The highest BCUT2D eigenvalue weighted by Crippen LogP contribution is 2.26. The van der Waals surface area contributed by atoms with Crippen LogP contribution in [0.5, 0.6) is 0 Å². The quantitative estimate of drug-likeness (QED) is 0.774. The molecule has 1 aromatic heterocycles. The van der Waals surface area contributed by atoms with Gasteiger partial charge in [0.25, 0.3) is 5.91 Å². The van der Waals surface area contributed by atoms with Crippen LogP contribution in [-0.4, -0.2) is 66.9 Å². The van der Waals surface area contributed by atoms with Crippen molar-refractivity contribution in [2.24, 2.45) is 5.92 Å². The van der Waals surface area contributed by atoms with Gasteiger partial charge in [0.1, 0.15) is 5.76 Å². The van der Waals surface area contributed by atoms with Crippen molar-refractivity contribution >= 4 is 11.8 Å². The molecule has 0 bridgehead atoms. The van der Waals surface area contributed by atoms with E-state index >= 15 is 0 Å². The van der Waals surface area contributed by atoms with E-state index < -0.39 is 0 Å². The van der Waals surface area contributed by atoms with E-state index in [9.17, 15) is 9.59 Å². The Morgan fingerprint density at radius 3 is 2.61 bits per heavy atom. The molecule has 2 amide bonds. The first kappa shape index (κ1) is 19.5. The number of furan rings is 1. The molecule has 3 heterocycles. The fourth-order valence-corrected chi connectivity index (χ4v) is 4.47. The molecular weight excluding hydrogens is 356 g/mol. The summed E-state index contributed by atoms with van der Waals surface area (Å²) in [5, 5.41) is 5.77. The summed E-state index contributed by atoms with van der Waals surface area (Å²) >= 11 is 0. The Bertz CT molecular complexity index is 692. The second kappa shape index (κ2) is 8.66. The van der Waals surface area contributed by atoms with E-state index in [0.717, 1.165) is 77.0 Å². The van der Waals surface area contributed by atoms with E-state index in [-0.39, 0.29) is 17.7 Å². The molecule has 2 N–H and O–H groups in total. The smallest absolute Gasteiger partial charge is 0.286 e. The molecule has 0 radical (unpaired) electrons. The van der Waals surface area contributed by atoms with E-state index in [1.54, 1.807) is 13.1 Å². The van der Waals surface area contributed by atoms with E-state index in [0.29, 0.717) is 17.8 Å². The fourth-order valence-electron chi connectivity index (χ4n) is 4.47. The van der Waals surface area contributed by atoms with Gasteiger partial charge in [0.15, 0.2) is 5.76 Å². The van der Waals surface area contributed by atoms with Crippen molar-refractivity contribution in [1.29, 1.82) is 0 Å². The van der Waals surface area contributed by atoms with Crippen molar-refractivity contribution in [3.8, 4) is 0 Å². The summed E-state index contributed by atoms with van der Waals surface area (Å²) in [6, 6.07) is 4.66. The molecule has 2 aliphatic heterocycles. The molecule has 7 heteroatoms. The number of carbonyl (C=O) groups is 2. The Hall–Kier alpha value is -1.86. The molecule has 3 aliphatic rings. The van der Waals surface area contributed by atoms with Crippen LogP contribution in [0.15, 0.2) is 16.5 Å². The Balaban J connectivity index is 1.23. The first-order valence-electron chi connectivity index (χ1n) is 10.7. The summed E-state index contributed by atoms with van der Waals surface area (Å²) in [5.41, 5.74) is 0. The number of carbonyl (C=O) groups excluding carboxylic acids is 2. The van der Waals surface area contributed by atoms with E-state index in [4.69, 9.17) is 4.42 Å². The summed E-state index contributed by atoms with van der Waals surface area (Å²) in [5.74, 6) is 1.46. The predicted octanol–water partition coefficient (Wildman–Crippen LogP) is 1.59. The number of amides is 2. The SMILES string of the molecule is CNC(=O)c1ccc(CN2CCC(N3CCC[C@H](C(=O)NC4CC4)C3)CC2)o1. The van der Waals surface area contributed by atoms with Gasteiger partial charge < -0.3 is 15.1 Å². The maximum Gasteiger partial charge on any atom is 0.286 e. The van der Waals surface area contributed by atoms with Crippen LogP contribution in [0.4, 0.5) is 0 Å². The third kappa shape index (κ3) is 4.75. The van der Waals surface area contributed by atoms with E-state index in [1.165, 1.54) is 0 Å². The molecule has 1 aliphatic carbocycles. The van der Waals surface area contributed by atoms with Crippen molar-refractivity contribution in [3.05, 3.63) is 23.7 Å². The van der Waals surface area contributed by atoms with Gasteiger partial charge >= 0.3 is 0 Å². The van der Waals surface area contributed by atoms with Gasteiger partial charge in [-0.3, -0.25) is 19.4 Å². The summed E-state index contributed by atoms with van der Waals surface area (Å²) in [7, 11) is 1.61. The first-order chi connectivity index (χ1) is 13.6. The van der Waals surface area contributed by atoms with Crippen molar-refractivity contribution in [2.75, 3.05) is 33.2 Å². The molecule has 1 atom stereocenters. The first-order valence-corrected chi connectivity index (χ1v) is 10.7. The van der Waals surface area contributed by atoms with Gasteiger partial charge in [-0.1, -0.05) is 0 Å². The van der Waals surface area contributed by atoms with Gasteiger partial charge in [0, 0.05) is 38.8 Å². The Labute approximate surface area is 166 Å². The van der Waals surface area contributed by atoms with Gasteiger partial charge in [-0.05, 0) is 57.2 Å². The molecule has 0 spiro atoms. The van der Waals surface area contributed by atoms with Gasteiger partial charge in [0.2, 0.25) is 5.91 Å². The van der Waals surface area contributed by atoms with Crippen molar-refractivity contribution in [3.63, 3.8) is 0 Å². The Morgan fingerprint density at radius 2 is 1.89 bits per heavy atom.